The Hall–Kier alpha value is -3.15. The quantitative estimate of drug-likeness (QED) is 0.653. The number of carbonyl (C=O) groups excluding carboxylic acids is 2. The zero-order chi connectivity index (χ0) is 21.7. The minimum absolute atomic E-state index is 0.0112. The van der Waals surface area contributed by atoms with Crippen LogP contribution in [-0.4, -0.2) is 43.9 Å². The highest BCUT2D eigenvalue weighted by Crippen LogP contribution is 2.33. The van der Waals surface area contributed by atoms with Crippen molar-refractivity contribution >= 4 is 23.3 Å². The van der Waals surface area contributed by atoms with Crippen LogP contribution >= 0.6 is 0 Å². The first-order valence-electron chi connectivity index (χ1n) is 10.3. The van der Waals surface area contributed by atoms with E-state index in [-0.39, 0.29) is 25.0 Å². The average Bonchev–Trinajstić information content (AvgIpc) is 2.88. The molecule has 0 aliphatic carbocycles. The van der Waals surface area contributed by atoms with Crippen LogP contribution in [0.5, 0.6) is 5.75 Å². The molecule has 1 aliphatic heterocycles. The molecule has 0 N–H and O–H groups in total. The fourth-order valence-electron chi connectivity index (χ4n) is 3.53. The largest absolute Gasteiger partial charge is 0.497 e. The maximum absolute atomic E-state index is 13.6. The topological polar surface area (TPSA) is 68.2 Å². The number of fused-ring (bicyclic) bond motifs is 1. The molecule has 158 valence electrons. The summed E-state index contributed by atoms with van der Waals surface area (Å²) in [7, 11) is 1.60. The maximum Gasteiger partial charge on any atom is 0.326 e. The Labute approximate surface area is 177 Å². The zero-order valence-corrected chi connectivity index (χ0v) is 17.9. The van der Waals surface area contributed by atoms with Crippen LogP contribution in [0, 0.1) is 5.92 Å². The highest BCUT2D eigenvalue weighted by molar-refractivity contribution is 6.20. The molecule has 6 nitrogen and oxygen atoms in total. The van der Waals surface area contributed by atoms with Gasteiger partial charge in [0.15, 0.2) is 0 Å². The molecule has 2 aromatic rings. The molecule has 1 heterocycles. The molecule has 30 heavy (non-hydrogen) atoms. The molecule has 2 atom stereocenters. The summed E-state index contributed by atoms with van der Waals surface area (Å²) in [5.74, 6) is 0.0217. The van der Waals surface area contributed by atoms with Gasteiger partial charge in [-0.3, -0.25) is 19.5 Å². The Balaban J connectivity index is 2.23. The van der Waals surface area contributed by atoms with E-state index in [1.165, 1.54) is 4.90 Å². The number of benzodiazepines with no additional fused rings is 1. The average molecular weight is 408 g/mol. The van der Waals surface area contributed by atoms with Crippen molar-refractivity contribution in [2.75, 3.05) is 25.2 Å². The highest BCUT2D eigenvalue weighted by Gasteiger charge is 2.36. The Morgan fingerprint density at radius 1 is 1.17 bits per heavy atom. The third kappa shape index (κ3) is 4.37. The standard InChI is InChI=1S/C24H28N2O4/c1-5-16(3)22-24(28)26(15-21(27)30-6-2)20-13-12-18(29-4)14-19(20)23(25-22)17-10-8-7-9-11-17/h7-14,16,22H,5-6,15H2,1-4H3/t16?,22-/m0/s1. The fraction of sp³-hybridized carbons (Fsp3) is 0.375. The molecule has 0 radical (unpaired) electrons. The number of aliphatic imine (C=N–C) groups is 1. The summed E-state index contributed by atoms with van der Waals surface area (Å²) >= 11 is 0. The summed E-state index contributed by atoms with van der Waals surface area (Å²) in [4.78, 5) is 32.3. The van der Waals surface area contributed by atoms with Gasteiger partial charge in [-0.2, -0.15) is 0 Å². The summed E-state index contributed by atoms with van der Waals surface area (Å²) < 4.78 is 10.6. The summed E-state index contributed by atoms with van der Waals surface area (Å²) in [6, 6.07) is 14.6. The van der Waals surface area contributed by atoms with Crippen molar-refractivity contribution in [1.82, 2.24) is 0 Å². The number of nitrogens with zero attached hydrogens (tertiary/aromatic N) is 2. The number of anilines is 1. The normalized spacial score (nSPS) is 16.9. The molecule has 3 rings (SSSR count). The van der Waals surface area contributed by atoms with E-state index in [0.29, 0.717) is 11.4 Å². The van der Waals surface area contributed by atoms with E-state index in [2.05, 4.69) is 0 Å². The molecule has 0 aromatic heterocycles. The van der Waals surface area contributed by atoms with E-state index in [1.807, 2.05) is 56.3 Å². The number of ether oxygens (including phenoxy) is 2. The van der Waals surface area contributed by atoms with Gasteiger partial charge in [0, 0.05) is 11.1 Å². The monoisotopic (exact) mass is 408 g/mol. The molecular weight excluding hydrogens is 380 g/mol. The number of benzene rings is 2. The van der Waals surface area contributed by atoms with Gasteiger partial charge in [0.2, 0.25) is 0 Å². The lowest BCUT2D eigenvalue weighted by Gasteiger charge is -2.26. The molecule has 1 unspecified atom stereocenters. The van der Waals surface area contributed by atoms with E-state index in [9.17, 15) is 9.59 Å². The number of hydrogen-bond acceptors (Lipinski definition) is 5. The highest BCUT2D eigenvalue weighted by atomic mass is 16.5. The van der Waals surface area contributed by atoms with Gasteiger partial charge < -0.3 is 9.47 Å². The smallest absolute Gasteiger partial charge is 0.326 e. The summed E-state index contributed by atoms with van der Waals surface area (Å²) in [5.41, 5.74) is 3.01. The molecule has 0 saturated heterocycles. The minimum Gasteiger partial charge on any atom is -0.497 e. The molecule has 0 spiro atoms. The van der Waals surface area contributed by atoms with Crippen LogP contribution in [0.1, 0.15) is 38.3 Å². The molecule has 2 aromatic carbocycles. The Bertz CT molecular complexity index is 939. The van der Waals surface area contributed by atoms with Crippen LogP contribution in [0.15, 0.2) is 53.5 Å². The maximum atomic E-state index is 13.6. The van der Waals surface area contributed by atoms with Gasteiger partial charge in [-0.15, -0.1) is 0 Å². The van der Waals surface area contributed by atoms with Crippen LogP contribution in [0.25, 0.3) is 0 Å². The predicted molar refractivity (Wildman–Crippen MR) is 117 cm³/mol. The first-order chi connectivity index (χ1) is 14.5. The second-order valence-corrected chi connectivity index (χ2v) is 7.29. The van der Waals surface area contributed by atoms with Crippen LogP contribution in [0.3, 0.4) is 0 Å². The van der Waals surface area contributed by atoms with Gasteiger partial charge in [-0.05, 0) is 31.0 Å². The second-order valence-electron chi connectivity index (χ2n) is 7.29. The predicted octanol–water partition coefficient (Wildman–Crippen LogP) is 3.86. The van der Waals surface area contributed by atoms with Crippen molar-refractivity contribution in [3.8, 4) is 5.75 Å². The lowest BCUT2D eigenvalue weighted by Crippen LogP contribution is -2.43. The van der Waals surface area contributed by atoms with Crippen LogP contribution in [0.4, 0.5) is 5.69 Å². The van der Waals surface area contributed by atoms with Gasteiger partial charge in [0.1, 0.15) is 18.3 Å². The first-order valence-corrected chi connectivity index (χ1v) is 10.3. The fourth-order valence-corrected chi connectivity index (χ4v) is 3.53. The van der Waals surface area contributed by atoms with Crippen LogP contribution < -0.4 is 9.64 Å². The molecular formula is C24H28N2O4. The second kappa shape index (κ2) is 9.57. The SMILES string of the molecule is CCOC(=O)CN1C(=O)[C@H](C(C)CC)N=C(c2ccccc2)c2cc(OC)ccc21. The van der Waals surface area contributed by atoms with Crippen LogP contribution in [0.2, 0.25) is 0 Å². The van der Waals surface area contributed by atoms with Crippen molar-refractivity contribution in [3.05, 3.63) is 59.7 Å². The van der Waals surface area contributed by atoms with Crippen molar-refractivity contribution < 1.29 is 19.1 Å². The number of esters is 1. The van der Waals surface area contributed by atoms with E-state index < -0.39 is 12.0 Å². The van der Waals surface area contributed by atoms with Crippen molar-refractivity contribution in [2.45, 2.75) is 33.2 Å². The van der Waals surface area contributed by atoms with E-state index in [4.69, 9.17) is 14.5 Å². The summed E-state index contributed by atoms with van der Waals surface area (Å²) in [6.45, 7) is 5.90. The number of amides is 1. The lowest BCUT2D eigenvalue weighted by atomic mass is 9.98. The van der Waals surface area contributed by atoms with Gasteiger partial charge in [-0.25, -0.2) is 0 Å². The van der Waals surface area contributed by atoms with Gasteiger partial charge in [0.05, 0.1) is 25.1 Å². The molecule has 1 amide bonds. The van der Waals surface area contributed by atoms with Gasteiger partial charge >= 0.3 is 5.97 Å². The number of hydrogen-bond donors (Lipinski definition) is 0. The van der Waals surface area contributed by atoms with Crippen LogP contribution in [-0.2, 0) is 14.3 Å². The first kappa shape index (κ1) is 21.6. The van der Waals surface area contributed by atoms with Gasteiger partial charge in [-0.1, -0.05) is 50.6 Å². The Morgan fingerprint density at radius 3 is 2.53 bits per heavy atom. The summed E-state index contributed by atoms with van der Waals surface area (Å²) in [5, 5.41) is 0. The molecule has 1 aliphatic rings. The summed E-state index contributed by atoms with van der Waals surface area (Å²) in [6.07, 6.45) is 0.787. The Morgan fingerprint density at radius 2 is 1.90 bits per heavy atom. The minimum atomic E-state index is -0.599. The number of rotatable bonds is 7. The third-order valence-corrected chi connectivity index (χ3v) is 5.36. The van der Waals surface area contributed by atoms with E-state index >= 15 is 0 Å². The lowest BCUT2D eigenvalue weighted by molar-refractivity contribution is -0.142. The molecule has 0 fully saturated rings. The molecule has 0 bridgehead atoms. The molecule has 6 heteroatoms. The van der Waals surface area contributed by atoms with E-state index in [0.717, 1.165) is 23.3 Å². The van der Waals surface area contributed by atoms with Crippen molar-refractivity contribution in [1.29, 1.82) is 0 Å². The Kier molecular flexibility index (Phi) is 6.87. The third-order valence-electron chi connectivity index (χ3n) is 5.36. The number of methoxy groups -OCH3 is 1. The van der Waals surface area contributed by atoms with Crippen molar-refractivity contribution in [2.24, 2.45) is 10.9 Å². The van der Waals surface area contributed by atoms with E-state index in [1.54, 1.807) is 20.1 Å². The number of carbonyl (C=O) groups is 2. The zero-order valence-electron chi connectivity index (χ0n) is 17.9. The molecule has 0 saturated carbocycles. The van der Waals surface area contributed by atoms with Crippen molar-refractivity contribution in [3.63, 3.8) is 0 Å². The van der Waals surface area contributed by atoms with Gasteiger partial charge in [0.25, 0.3) is 5.91 Å².